The van der Waals surface area contributed by atoms with E-state index >= 15 is 4.39 Å². The van der Waals surface area contributed by atoms with Crippen molar-refractivity contribution in [2.75, 3.05) is 6.26 Å². The summed E-state index contributed by atoms with van der Waals surface area (Å²) in [7, 11) is -4.38. The Balaban J connectivity index is 2.11. The van der Waals surface area contributed by atoms with Crippen molar-refractivity contribution >= 4 is 44.7 Å². The topological polar surface area (TPSA) is 92.7 Å². The number of benzene rings is 2. The fourth-order valence-corrected chi connectivity index (χ4v) is 5.24. The van der Waals surface area contributed by atoms with Gasteiger partial charge in [-0.05, 0) is 49.6 Å². The van der Waals surface area contributed by atoms with Gasteiger partial charge in [-0.2, -0.15) is 0 Å². The van der Waals surface area contributed by atoms with Crippen LogP contribution in [0.15, 0.2) is 66.3 Å². The molecule has 0 aromatic heterocycles. The van der Waals surface area contributed by atoms with Crippen molar-refractivity contribution in [3.05, 3.63) is 87.4 Å². The second kappa shape index (κ2) is 10.5. The molecular weight excluding hydrogens is 528 g/mol. The van der Waals surface area contributed by atoms with E-state index in [1.807, 2.05) is 0 Å². The highest BCUT2D eigenvalue weighted by Crippen LogP contribution is 2.44. The second-order valence-corrected chi connectivity index (χ2v) is 12.6. The van der Waals surface area contributed by atoms with Crippen LogP contribution in [-0.4, -0.2) is 42.6 Å². The number of carbonyl (C=O) groups is 1. The van der Waals surface area contributed by atoms with Gasteiger partial charge in [-0.3, -0.25) is 0 Å². The Kier molecular flexibility index (Phi) is 8.25. The Hall–Kier alpha value is -2.39. The van der Waals surface area contributed by atoms with Crippen molar-refractivity contribution < 1.29 is 27.4 Å². The lowest BCUT2D eigenvalue weighted by Gasteiger charge is -2.36. The first kappa shape index (κ1) is 28.2. The minimum absolute atomic E-state index is 0.135. The second-order valence-electron chi connectivity index (χ2n) is 9.60. The number of aliphatic hydroxyl groups excluding tert-OH is 1. The summed E-state index contributed by atoms with van der Waals surface area (Å²) < 4.78 is 47.3. The van der Waals surface area contributed by atoms with Gasteiger partial charge in [-0.1, -0.05) is 71.8 Å². The van der Waals surface area contributed by atoms with Crippen LogP contribution in [0.25, 0.3) is 5.57 Å². The highest BCUT2D eigenvalue weighted by atomic mass is 35.5. The zero-order valence-corrected chi connectivity index (χ0v) is 22.6. The molecule has 0 radical (unpaired) electrons. The lowest BCUT2D eigenvalue weighted by Crippen LogP contribution is -2.47. The van der Waals surface area contributed by atoms with Crippen LogP contribution in [-0.2, 0) is 14.6 Å². The van der Waals surface area contributed by atoms with Crippen LogP contribution in [0.1, 0.15) is 44.4 Å². The maximum Gasteiger partial charge on any atom is 0.408 e. The molecule has 10 heteroatoms. The van der Waals surface area contributed by atoms with Crippen LogP contribution in [0.2, 0.25) is 10.0 Å². The number of sulfone groups is 1. The van der Waals surface area contributed by atoms with Crippen molar-refractivity contribution in [1.82, 2.24) is 5.32 Å². The molecule has 0 spiro atoms. The molecular formula is C26H28Cl2FNO5S. The summed E-state index contributed by atoms with van der Waals surface area (Å²) in [4.78, 5) is 12.6. The maximum absolute atomic E-state index is 16.5. The summed E-state index contributed by atoms with van der Waals surface area (Å²) in [5.74, 6) is 0. The highest BCUT2D eigenvalue weighted by Gasteiger charge is 2.51. The first-order chi connectivity index (χ1) is 16.6. The Morgan fingerprint density at radius 1 is 1.11 bits per heavy atom. The number of halogens is 3. The van der Waals surface area contributed by atoms with E-state index in [0.29, 0.717) is 11.1 Å². The number of alkyl carbamates (subject to hydrolysis) is 1. The van der Waals surface area contributed by atoms with Gasteiger partial charge >= 0.3 is 6.09 Å². The van der Waals surface area contributed by atoms with Crippen LogP contribution in [0.4, 0.5) is 9.18 Å². The Morgan fingerprint density at radius 3 is 2.31 bits per heavy atom. The average molecular weight is 556 g/mol. The zero-order valence-electron chi connectivity index (χ0n) is 20.3. The van der Waals surface area contributed by atoms with Crippen molar-refractivity contribution in [3.8, 4) is 0 Å². The van der Waals surface area contributed by atoms with E-state index in [4.69, 9.17) is 27.9 Å². The summed E-state index contributed by atoms with van der Waals surface area (Å²) in [5, 5.41) is 11.4. The Morgan fingerprint density at radius 2 is 1.75 bits per heavy atom. The predicted octanol–water partition coefficient (Wildman–Crippen LogP) is 6.04. The minimum Gasteiger partial charge on any atom is -0.444 e. The number of aliphatic hydroxyl groups is 1. The van der Waals surface area contributed by atoms with E-state index in [1.54, 1.807) is 57.2 Å². The molecule has 1 aliphatic carbocycles. The molecule has 2 N–H and O–H groups in total. The fraction of sp³-hybridized carbons (Fsp3) is 0.346. The van der Waals surface area contributed by atoms with Crippen LogP contribution < -0.4 is 5.32 Å². The van der Waals surface area contributed by atoms with Gasteiger partial charge in [0.05, 0.1) is 16.1 Å². The van der Waals surface area contributed by atoms with Crippen molar-refractivity contribution in [3.63, 3.8) is 0 Å². The zero-order chi connectivity index (χ0) is 26.9. The van der Waals surface area contributed by atoms with Crippen molar-refractivity contribution in [2.24, 2.45) is 0 Å². The van der Waals surface area contributed by atoms with Gasteiger partial charge in [-0.25, -0.2) is 17.6 Å². The molecule has 0 saturated heterocycles. The molecule has 0 saturated carbocycles. The first-order valence-corrected chi connectivity index (χ1v) is 13.7. The summed E-state index contributed by atoms with van der Waals surface area (Å²) >= 11 is 12.2. The van der Waals surface area contributed by atoms with E-state index in [9.17, 15) is 18.3 Å². The average Bonchev–Trinajstić information content (AvgIpc) is 2.77. The molecule has 194 valence electrons. The van der Waals surface area contributed by atoms with Crippen LogP contribution in [0.5, 0.6) is 0 Å². The minimum atomic E-state index is -4.38. The van der Waals surface area contributed by atoms with Crippen molar-refractivity contribution in [1.29, 1.82) is 0 Å². The quantitative estimate of drug-likeness (QED) is 0.453. The third kappa shape index (κ3) is 6.29. The van der Waals surface area contributed by atoms with E-state index in [0.717, 1.165) is 6.26 Å². The van der Waals surface area contributed by atoms with Gasteiger partial charge < -0.3 is 15.2 Å². The molecule has 1 amide bonds. The Bertz CT molecular complexity index is 1310. The molecule has 36 heavy (non-hydrogen) atoms. The van der Waals surface area contributed by atoms with E-state index in [-0.39, 0.29) is 15.6 Å². The van der Waals surface area contributed by atoms with Crippen LogP contribution >= 0.6 is 23.2 Å². The van der Waals surface area contributed by atoms with Crippen LogP contribution in [0.3, 0.4) is 0 Å². The van der Waals surface area contributed by atoms with Crippen molar-refractivity contribution in [2.45, 2.75) is 49.9 Å². The van der Waals surface area contributed by atoms with Gasteiger partial charge in [0.25, 0.3) is 0 Å². The molecule has 6 nitrogen and oxygen atoms in total. The van der Waals surface area contributed by atoms with Gasteiger partial charge in [0.1, 0.15) is 11.7 Å². The molecule has 3 rings (SSSR count). The summed E-state index contributed by atoms with van der Waals surface area (Å²) in [6.07, 6.45) is 0.396. The molecule has 1 aliphatic rings. The SMILES string of the molecule is CC(C)(C)OC(=O)NC(c1ccc(Cl)c(Cl)c1)C(O)C1=CC=C(c2ccccc2)CC1(F)S(C)(=O)=O. The Labute approximate surface area is 220 Å². The maximum atomic E-state index is 16.5. The number of allylic oxidation sites excluding steroid dienone is 3. The number of nitrogens with one attached hydrogen (secondary N) is 1. The number of carbonyl (C=O) groups excluding carboxylic acids is 1. The van der Waals surface area contributed by atoms with Gasteiger partial charge in [-0.15, -0.1) is 0 Å². The molecule has 2 aromatic carbocycles. The molecule has 3 atom stereocenters. The molecule has 3 unspecified atom stereocenters. The molecule has 0 fully saturated rings. The molecule has 0 heterocycles. The number of hydrogen-bond donors (Lipinski definition) is 2. The number of hydrogen-bond acceptors (Lipinski definition) is 5. The third-order valence-corrected chi connectivity index (χ3v) is 7.95. The lowest BCUT2D eigenvalue weighted by molar-refractivity contribution is 0.0434. The predicted molar refractivity (Wildman–Crippen MR) is 140 cm³/mol. The summed E-state index contributed by atoms with van der Waals surface area (Å²) in [6, 6.07) is 11.9. The van der Waals surface area contributed by atoms with Crippen LogP contribution in [0, 0.1) is 0 Å². The van der Waals surface area contributed by atoms with Gasteiger partial charge in [0.15, 0.2) is 9.84 Å². The number of ether oxygens (including phenoxy) is 1. The lowest BCUT2D eigenvalue weighted by atomic mass is 9.85. The van der Waals surface area contributed by atoms with Gasteiger partial charge in [0, 0.05) is 18.2 Å². The normalized spacial score (nSPS) is 20.1. The standard InChI is InChI=1S/C26H28Cl2FNO5S/c1-25(2,3)35-24(32)30-22(17-11-13-20(27)21(28)14-17)23(31)19-12-10-18(16-8-6-5-7-9-16)15-26(19,29)36(4,33)34/h5-14,22-23,31H,15H2,1-4H3,(H,30,32). The summed E-state index contributed by atoms with van der Waals surface area (Å²) in [6.45, 7) is 4.98. The third-order valence-electron chi connectivity index (χ3n) is 5.65. The molecule has 0 bridgehead atoms. The number of alkyl halides is 1. The highest BCUT2D eigenvalue weighted by molar-refractivity contribution is 7.92. The monoisotopic (exact) mass is 555 g/mol. The van der Waals surface area contributed by atoms with E-state index < -0.39 is 50.7 Å². The molecule has 2 aromatic rings. The fourth-order valence-electron chi connectivity index (χ4n) is 3.90. The smallest absolute Gasteiger partial charge is 0.408 e. The summed E-state index contributed by atoms with van der Waals surface area (Å²) in [5.41, 5.74) is 0.103. The van der Waals surface area contributed by atoms with E-state index in [2.05, 4.69) is 5.32 Å². The number of amides is 1. The largest absolute Gasteiger partial charge is 0.444 e. The molecule has 0 aliphatic heterocycles. The first-order valence-electron chi connectivity index (χ1n) is 11.1. The number of rotatable bonds is 6. The van der Waals surface area contributed by atoms with E-state index in [1.165, 1.54) is 24.3 Å². The van der Waals surface area contributed by atoms with Gasteiger partial charge in [0.2, 0.25) is 5.00 Å².